The van der Waals surface area contributed by atoms with Gasteiger partial charge < -0.3 is 14.2 Å². The van der Waals surface area contributed by atoms with E-state index in [1.165, 1.54) is 13.2 Å². The van der Waals surface area contributed by atoms with Crippen LogP contribution in [0, 0.1) is 12.7 Å². The number of rotatable bonds is 3. The average molecular weight is 301 g/mol. The third-order valence-corrected chi connectivity index (χ3v) is 3.58. The van der Waals surface area contributed by atoms with Gasteiger partial charge in [0, 0.05) is 12.3 Å². The van der Waals surface area contributed by atoms with Crippen LogP contribution < -0.4 is 14.2 Å². The van der Waals surface area contributed by atoms with Crippen molar-refractivity contribution in [2.24, 2.45) is 0 Å². The van der Waals surface area contributed by atoms with Gasteiger partial charge in [0.25, 0.3) is 0 Å². The summed E-state index contributed by atoms with van der Waals surface area (Å²) in [6.07, 6.45) is 3.39. The van der Waals surface area contributed by atoms with Crippen molar-refractivity contribution < 1.29 is 18.6 Å². The zero-order chi connectivity index (χ0) is 15.7. The Morgan fingerprint density at radius 1 is 1.32 bits per heavy atom. The number of aryl methyl sites for hydroxylation is 1. The molecule has 0 unspecified atom stereocenters. The van der Waals surface area contributed by atoms with Gasteiger partial charge in [-0.05, 0) is 24.1 Å². The average Bonchev–Trinajstić information content (AvgIpc) is 2.55. The molecule has 0 amide bonds. The molecule has 0 spiro atoms. The summed E-state index contributed by atoms with van der Waals surface area (Å²) in [5, 5.41) is 0. The molecule has 3 rings (SSSR count). The lowest BCUT2D eigenvalue weighted by Gasteiger charge is -2.22. The summed E-state index contributed by atoms with van der Waals surface area (Å²) in [6, 6.07) is 3.27. The quantitative estimate of drug-likeness (QED) is 0.868. The second-order valence-electron chi connectivity index (χ2n) is 4.92. The molecule has 5 heteroatoms. The molecule has 0 saturated heterocycles. The van der Waals surface area contributed by atoms with Crippen molar-refractivity contribution >= 4 is 6.08 Å². The molecule has 0 aliphatic carbocycles. The summed E-state index contributed by atoms with van der Waals surface area (Å²) in [5.41, 5.74) is 2.56. The van der Waals surface area contributed by atoms with Crippen molar-refractivity contribution in [1.29, 1.82) is 0 Å². The summed E-state index contributed by atoms with van der Waals surface area (Å²) in [5.74, 6) is 0.401. The molecular formula is C17H16FNO3. The van der Waals surface area contributed by atoms with E-state index in [-0.39, 0.29) is 11.3 Å². The number of pyridine rings is 1. The van der Waals surface area contributed by atoms with E-state index in [2.05, 4.69) is 11.6 Å². The van der Waals surface area contributed by atoms with Crippen LogP contribution in [0.3, 0.4) is 0 Å². The van der Waals surface area contributed by atoms with E-state index in [0.717, 1.165) is 11.1 Å². The lowest BCUT2D eigenvalue weighted by Crippen LogP contribution is -2.17. The number of hydrogen-bond donors (Lipinski definition) is 0. The largest absolute Gasteiger partial charge is 0.494 e. The molecule has 1 aromatic carbocycles. The zero-order valence-corrected chi connectivity index (χ0v) is 12.5. The van der Waals surface area contributed by atoms with Crippen molar-refractivity contribution in [3.05, 3.63) is 41.9 Å². The Bertz CT molecular complexity index is 743. The van der Waals surface area contributed by atoms with Crippen LogP contribution in [0.5, 0.6) is 17.2 Å². The standard InChI is InChI=1S/C17H16FNO3/c1-4-11-7-12(19-9-10(11)2)15-16(18)13(20-3)8-14-17(15)22-6-5-21-14/h4,7-9H,1,5-6H2,2-3H3. The van der Waals surface area contributed by atoms with Gasteiger partial charge in [-0.3, -0.25) is 4.98 Å². The Morgan fingerprint density at radius 2 is 2.09 bits per heavy atom. The molecule has 0 fully saturated rings. The van der Waals surface area contributed by atoms with Crippen molar-refractivity contribution in [2.45, 2.75) is 6.92 Å². The molecule has 1 aliphatic rings. The summed E-state index contributed by atoms with van der Waals surface area (Å²) < 4.78 is 31.0. The minimum Gasteiger partial charge on any atom is -0.494 e. The smallest absolute Gasteiger partial charge is 0.178 e. The summed E-state index contributed by atoms with van der Waals surface area (Å²) in [7, 11) is 1.41. The lowest BCUT2D eigenvalue weighted by molar-refractivity contribution is 0.170. The maximum atomic E-state index is 14.8. The first-order chi connectivity index (χ1) is 10.7. The van der Waals surface area contributed by atoms with Crippen LogP contribution in [-0.2, 0) is 0 Å². The minimum absolute atomic E-state index is 0.0989. The highest BCUT2D eigenvalue weighted by Gasteiger charge is 2.26. The fourth-order valence-corrected chi connectivity index (χ4v) is 2.41. The molecule has 114 valence electrons. The Balaban J connectivity index is 2.27. The van der Waals surface area contributed by atoms with Gasteiger partial charge in [0.2, 0.25) is 0 Å². The Hall–Kier alpha value is -2.56. The molecule has 0 saturated carbocycles. The van der Waals surface area contributed by atoms with E-state index in [1.54, 1.807) is 18.3 Å². The van der Waals surface area contributed by atoms with E-state index < -0.39 is 5.82 Å². The Labute approximate surface area is 128 Å². The van der Waals surface area contributed by atoms with E-state index in [1.807, 2.05) is 6.92 Å². The normalized spacial score (nSPS) is 12.9. The van der Waals surface area contributed by atoms with Crippen molar-refractivity contribution in [3.63, 3.8) is 0 Å². The molecular weight excluding hydrogens is 285 g/mol. The SMILES string of the molecule is C=Cc1cc(-c2c(F)c(OC)cc3c2OCCO3)ncc1C. The first-order valence-electron chi connectivity index (χ1n) is 6.91. The Morgan fingerprint density at radius 3 is 2.82 bits per heavy atom. The summed E-state index contributed by atoms with van der Waals surface area (Å²) in [6.45, 7) is 6.47. The first-order valence-corrected chi connectivity index (χ1v) is 6.91. The van der Waals surface area contributed by atoms with Gasteiger partial charge in [-0.1, -0.05) is 12.7 Å². The van der Waals surface area contributed by atoms with Gasteiger partial charge in [-0.15, -0.1) is 0 Å². The molecule has 0 atom stereocenters. The zero-order valence-electron chi connectivity index (χ0n) is 12.5. The van der Waals surface area contributed by atoms with Gasteiger partial charge in [0.05, 0.1) is 18.4 Å². The second kappa shape index (κ2) is 5.67. The fourth-order valence-electron chi connectivity index (χ4n) is 2.41. The number of halogens is 1. The lowest BCUT2D eigenvalue weighted by atomic mass is 10.0. The highest BCUT2D eigenvalue weighted by molar-refractivity contribution is 5.76. The number of benzene rings is 1. The third-order valence-electron chi connectivity index (χ3n) is 3.58. The monoisotopic (exact) mass is 301 g/mol. The number of ether oxygens (including phenoxy) is 3. The molecule has 0 bridgehead atoms. The Kier molecular flexibility index (Phi) is 3.71. The van der Waals surface area contributed by atoms with Crippen LogP contribution >= 0.6 is 0 Å². The van der Waals surface area contributed by atoms with E-state index in [4.69, 9.17) is 14.2 Å². The molecule has 22 heavy (non-hydrogen) atoms. The topological polar surface area (TPSA) is 40.6 Å². The predicted molar refractivity (Wildman–Crippen MR) is 82.0 cm³/mol. The number of methoxy groups -OCH3 is 1. The molecule has 1 aliphatic heterocycles. The van der Waals surface area contributed by atoms with Crippen molar-refractivity contribution in [1.82, 2.24) is 4.98 Å². The minimum atomic E-state index is -0.516. The van der Waals surface area contributed by atoms with Crippen LogP contribution in [0.25, 0.3) is 17.3 Å². The number of nitrogens with zero attached hydrogens (tertiary/aromatic N) is 1. The maximum absolute atomic E-state index is 14.8. The maximum Gasteiger partial charge on any atom is 0.178 e. The first kappa shape index (κ1) is 14.4. The third kappa shape index (κ3) is 2.28. The fraction of sp³-hybridized carbons (Fsp3) is 0.235. The van der Waals surface area contributed by atoms with Crippen molar-refractivity contribution in [3.8, 4) is 28.5 Å². The van der Waals surface area contributed by atoms with Crippen LogP contribution in [0.4, 0.5) is 4.39 Å². The molecule has 0 N–H and O–H groups in total. The number of aromatic nitrogens is 1. The van der Waals surface area contributed by atoms with Gasteiger partial charge in [0.1, 0.15) is 13.2 Å². The summed E-state index contributed by atoms with van der Waals surface area (Å²) in [4.78, 5) is 4.32. The molecule has 2 heterocycles. The molecule has 2 aromatic rings. The number of hydrogen-bond acceptors (Lipinski definition) is 4. The van der Waals surface area contributed by atoms with Crippen LogP contribution in [0.15, 0.2) is 24.9 Å². The molecule has 0 radical (unpaired) electrons. The highest BCUT2D eigenvalue weighted by atomic mass is 19.1. The second-order valence-corrected chi connectivity index (χ2v) is 4.92. The summed E-state index contributed by atoms with van der Waals surface area (Å²) >= 11 is 0. The van der Waals surface area contributed by atoms with Crippen molar-refractivity contribution in [2.75, 3.05) is 20.3 Å². The predicted octanol–water partition coefficient (Wildman–Crippen LogP) is 3.62. The number of fused-ring (bicyclic) bond motifs is 1. The van der Waals surface area contributed by atoms with Gasteiger partial charge in [-0.2, -0.15) is 0 Å². The van der Waals surface area contributed by atoms with Gasteiger partial charge in [-0.25, -0.2) is 4.39 Å². The molecule has 4 nitrogen and oxygen atoms in total. The van der Waals surface area contributed by atoms with E-state index in [9.17, 15) is 4.39 Å². The van der Waals surface area contributed by atoms with Crippen LogP contribution in [-0.4, -0.2) is 25.3 Å². The van der Waals surface area contributed by atoms with Gasteiger partial charge in [0.15, 0.2) is 23.1 Å². The van der Waals surface area contributed by atoms with E-state index in [0.29, 0.717) is 30.4 Å². The van der Waals surface area contributed by atoms with Gasteiger partial charge >= 0.3 is 0 Å². The van der Waals surface area contributed by atoms with Crippen LogP contribution in [0.2, 0.25) is 0 Å². The van der Waals surface area contributed by atoms with Crippen LogP contribution in [0.1, 0.15) is 11.1 Å². The van der Waals surface area contributed by atoms with E-state index >= 15 is 0 Å². The highest BCUT2D eigenvalue weighted by Crippen LogP contribution is 2.45. The molecule has 1 aromatic heterocycles.